The van der Waals surface area contributed by atoms with Crippen molar-refractivity contribution >= 4 is 10.8 Å². The summed E-state index contributed by atoms with van der Waals surface area (Å²) in [5.74, 6) is -0.0627. The van der Waals surface area contributed by atoms with Crippen molar-refractivity contribution in [1.29, 1.82) is 0 Å². The Morgan fingerprint density at radius 2 is 1.55 bits per heavy atom. The van der Waals surface area contributed by atoms with E-state index in [9.17, 15) is 4.39 Å². The van der Waals surface area contributed by atoms with Crippen molar-refractivity contribution in [2.45, 2.75) is 33.1 Å². The Hall–Kier alpha value is -2.15. The van der Waals surface area contributed by atoms with Crippen molar-refractivity contribution in [2.75, 3.05) is 0 Å². The van der Waals surface area contributed by atoms with Crippen molar-refractivity contribution in [3.63, 3.8) is 0 Å². The predicted molar refractivity (Wildman–Crippen MR) is 92.7 cm³/mol. The third-order valence-corrected chi connectivity index (χ3v) is 4.25. The SMILES string of the molecule is CCCc1ccc2cc(-c3ccc(CC)cc3)ccc2c1F. The summed E-state index contributed by atoms with van der Waals surface area (Å²) in [5, 5.41) is 1.69. The Balaban J connectivity index is 2.04. The fourth-order valence-corrected chi connectivity index (χ4v) is 2.91. The van der Waals surface area contributed by atoms with Crippen molar-refractivity contribution in [3.05, 3.63) is 71.5 Å². The van der Waals surface area contributed by atoms with E-state index in [0.29, 0.717) is 0 Å². The van der Waals surface area contributed by atoms with Crippen LogP contribution in [0.1, 0.15) is 31.4 Å². The Morgan fingerprint density at radius 1 is 0.818 bits per heavy atom. The van der Waals surface area contributed by atoms with E-state index in [1.54, 1.807) is 0 Å². The van der Waals surface area contributed by atoms with E-state index >= 15 is 0 Å². The highest BCUT2D eigenvalue weighted by atomic mass is 19.1. The van der Waals surface area contributed by atoms with E-state index in [-0.39, 0.29) is 5.82 Å². The lowest BCUT2D eigenvalue weighted by molar-refractivity contribution is 0.619. The first kappa shape index (κ1) is 14.8. The van der Waals surface area contributed by atoms with Gasteiger partial charge in [-0.15, -0.1) is 0 Å². The smallest absolute Gasteiger partial charge is 0.134 e. The summed E-state index contributed by atoms with van der Waals surface area (Å²) in [7, 11) is 0. The largest absolute Gasteiger partial charge is 0.206 e. The highest BCUT2D eigenvalue weighted by Crippen LogP contribution is 2.28. The zero-order valence-electron chi connectivity index (χ0n) is 13.2. The molecule has 0 spiro atoms. The highest BCUT2D eigenvalue weighted by Gasteiger charge is 2.08. The fraction of sp³-hybridized carbons (Fsp3) is 0.238. The molecule has 0 aromatic heterocycles. The molecule has 0 aliphatic heterocycles. The zero-order chi connectivity index (χ0) is 15.5. The summed E-state index contributed by atoms with van der Waals surface area (Å²) < 4.78 is 14.5. The van der Waals surface area contributed by atoms with Crippen LogP contribution in [-0.2, 0) is 12.8 Å². The van der Waals surface area contributed by atoms with Gasteiger partial charge < -0.3 is 0 Å². The third kappa shape index (κ3) is 2.76. The summed E-state index contributed by atoms with van der Waals surface area (Å²) in [4.78, 5) is 0. The van der Waals surface area contributed by atoms with Gasteiger partial charge in [-0.3, -0.25) is 0 Å². The van der Waals surface area contributed by atoms with Gasteiger partial charge in [-0.05, 0) is 46.5 Å². The van der Waals surface area contributed by atoms with Gasteiger partial charge in [-0.25, -0.2) is 4.39 Å². The van der Waals surface area contributed by atoms with E-state index in [1.807, 2.05) is 24.3 Å². The van der Waals surface area contributed by atoms with Crippen LogP contribution < -0.4 is 0 Å². The normalized spacial score (nSPS) is 11.0. The Kier molecular flexibility index (Phi) is 4.24. The fourth-order valence-electron chi connectivity index (χ4n) is 2.91. The van der Waals surface area contributed by atoms with Gasteiger partial charge in [0.25, 0.3) is 0 Å². The van der Waals surface area contributed by atoms with Crippen LogP contribution in [0.25, 0.3) is 21.9 Å². The monoisotopic (exact) mass is 292 g/mol. The van der Waals surface area contributed by atoms with Gasteiger partial charge in [0.2, 0.25) is 0 Å². The molecule has 1 heteroatoms. The van der Waals surface area contributed by atoms with Crippen LogP contribution >= 0.6 is 0 Å². The summed E-state index contributed by atoms with van der Waals surface area (Å²) in [5.41, 5.74) is 4.46. The van der Waals surface area contributed by atoms with Crippen LogP contribution in [0.3, 0.4) is 0 Å². The maximum absolute atomic E-state index is 14.5. The molecule has 112 valence electrons. The van der Waals surface area contributed by atoms with E-state index in [0.717, 1.165) is 41.2 Å². The second-order valence-electron chi connectivity index (χ2n) is 5.78. The van der Waals surface area contributed by atoms with Crippen molar-refractivity contribution in [3.8, 4) is 11.1 Å². The molecule has 0 radical (unpaired) electrons. The maximum atomic E-state index is 14.5. The summed E-state index contributed by atoms with van der Waals surface area (Å²) >= 11 is 0. The molecule has 0 atom stereocenters. The number of hydrogen-bond acceptors (Lipinski definition) is 0. The van der Waals surface area contributed by atoms with Gasteiger partial charge in [-0.1, -0.05) is 68.8 Å². The molecule has 0 bridgehead atoms. The lowest BCUT2D eigenvalue weighted by Gasteiger charge is -2.08. The number of benzene rings is 3. The van der Waals surface area contributed by atoms with Gasteiger partial charge in [0.1, 0.15) is 5.82 Å². The lowest BCUT2D eigenvalue weighted by Crippen LogP contribution is -1.91. The maximum Gasteiger partial charge on any atom is 0.134 e. The number of aryl methyl sites for hydroxylation is 2. The van der Waals surface area contributed by atoms with Crippen LogP contribution in [0.15, 0.2) is 54.6 Å². The molecular weight excluding hydrogens is 271 g/mol. The van der Waals surface area contributed by atoms with Crippen LogP contribution in [-0.4, -0.2) is 0 Å². The molecule has 0 N–H and O–H groups in total. The van der Waals surface area contributed by atoms with E-state index in [2.05, 4.69) is 44.2 Å². The summed E-state index contributed by atoms with van der Waals surface area (Å²) in [6.45, 7) is 4.23. The molecule has 3 rings (SSSR count). The first-order chi connectivity index (χ1) is 10.7. The van der Waals surface area contributed by atoms with E-state index < -0.39 is 0 Å². The second kappa shape index (κ2) is 6.31. The number of halogens is 1. The van der Waals surface area contributed by atoms with Crippen LogP contribution in [0.5, 0.6) is 0 Å². The molecule has 0 amide bonds. The van der Waals surface area contributed by atoms with Gasteiger partial charge in [0, 0.05) is 5.39 Å². The standard InChI is InChI=1S/C21H21F/c1-3-5-17-10-11-19-14-18(12-13-20(19)21(17)22)16-8-6-15(4-2)7-9-16/h6-14H,3-5H2,1-2H3. The van der Waals surface area contributed by atoms with Gasteiger partial charge >= 0.3 is 0 Å². The molecule has 0 aliphatic carbocycles. The van der Waals surface area contributed by atoms with Crippen LogP contribution in [0.2, 0.25) is 0 Å². The second-order valence-corrected chi connectivity index (χ2v) is 5.78. The minimum atomic E-state index is -0.0627. The number of hydrogen-bond donors (Lipinski definition) is 0. The average molecular weight is 292 g/mol. The van der Waals surface area contributed by atoms with Crippen molar-refractivity contribution in [2.24, 2.45) is 0 Å². The molecule has 0 fully saturated rings. The molecule has 0 saturated heterocycles. The number of rotatable bonds is 4. The topological polar surface area (TPSA) is 0 Å². The quantitative estimate of drug-likeness (QED) is 0.540. The van der Waals surface area contributed by atoms with Gasteiger partial charge in [-0.2, -0.15) is 0 Å². The highest BCUT2D eigenvalue weighted by molar-refractivity contribution is 5.88. The molecular formula is C21H21F. The van der Waals surface area contributed by atoms with Crippen molar-refractivity contribution < 1.29 is 4.39 Å². The molecule has 0 saturated carbocycles. The van der Waals surface area contributed by atoms with Gasteiger partial charge in [0.15, 0.2) is 0 Å². The Morgan fingerprint density at radius 3 is 2.23 bits per heavy atom. The molecule has 0 nitrogen and oxygen atoms in total. The van der Waals surface area contributed by atoms with E-state index in [4.69, 9.17) is 0 Å². The molecule has 22 heavy (non-hydrogen) atoms. The third-order valence-electron chi connectivity index (χ3n) is 4.25. The molecule has 3 aromatic carbocycles. The predicted octanol–water partition coefficient (Wildman–Crippen LogP) is 6.16. The minimum absolute atomic E-state index is 0.0627. The Bertz CT molecular complexity index is 785. The number of fused-ring (bicyclic) bond motifs is 1. The van der Waals surface area contributed by atoms with Gasteiger partial charge in [0.05, 0.1) is 0 Å². The summed E-state index contributed by atoms with van der Waals surface area (Å²) in [6.07, 6.45) is 2.80. The Labute approximate surface area is 131 Å². The van der Waals surface area contributed by atoms with E-state index in [1.165, 1.54) is 11.1 Å². The lowest BCUT2D eigenvalue weighted by atomic mass is 9.97. The van der Waals surface area contributed by atoms with Crippen LogP contribution in [0.4, 0.5) is 4.39 Å². The molecule has 0 unspecified atom stereocenters. The minimum Gasteiger partial charge on any atom is -0.206 e. The average Bonchev–Trinajstić information content (AvgIpc) is 2.57. The molecule has 3 aromatic rings. The molecule has 0 aliphatic rings. The zero-order valence-corrected chi connectivity index (χ0v) is 13.2. The van der Waals surface area contributed by atoms with Crippen molar-refractivity contribution in [1.82, 2.24) is 0 Å². The summed E-state index contributed by atoms with van der Waals surface area (Å²) in [6, 6.07) is 18.6. The first-order valence-electron chi connectivity index (χ1n) is 8.03. The first-order valence-corrected chi connectivity index (χ1v) is 8.03. The molecule has 0 heterocycles. The van der Waals surface area contributed by atoms with Crippen LogP contribution in [0, 0.1) is 5.82 Å².